The first kappa shape index (κ1) is 13.6. The Morgan fingerprint density at radius 3 is 2.68 bits per heavy atom. The van der Waals surface area contributed by atoms with Crippen molar-refractivity contribution in [2.45, 2.75) is 6.92 Å². The van der Waals surface area contributed by atoms with Gasteiger partial charge < -0.3 is 15.6 Å². The summed E-state index contributed by atoms with van der Waals surface area (Å²) in [6.07, 6.45) is 0. The van der Waals surface area contributed by atoms with Gasteiger partial charge in [0.25, 0.3) is 5.91 Å². The highest BCUT2D eigenvalue weighted by Gasteiger charge is 2.08. The average molecular weight is 324 g/mol. The maximum absolute atomic E-state index is 11.9. The highest BCUT2D eigenvalue weighted by atomic mass is 79.9. The van der Waals surface area contributed by atoms with Crippen molar-refractivity contribution < 1.29 is 9.59 Å². The Hall–Kier alpha value is -1.82. The van der Waals surface area contributed by atoms with Crippen molar-refractivity contribution in [1.29, 1.82) is 0 Å². The number of aromatic nitrogens is 1. The minimum Gasteiger partial charge on any atom is -0.355 e. The number of hydrogen-bond donors (Lipinski definition) is 3. The van der Waals surface area contributed by atoms with Crippen LogP contribution in [0.5, 0.6) is 0 Å². The number of fused-ring (bicyclic) bond motifs is 1. The number of aromatic amines is 1. The van der Waals surface area contributed by atoms with E-state index in [-0.39, 0.29) is 11.8 Å². The van der Waals surface area contributed by atoms with E-state index < -0.39 is 0 Å². The molecule has 6 heteroatoms. The van der Waals surface area contributed by atoms with Crippen molar-refractivity contribution in [2.75, 3.05) is 13.1 Å². The maximum Gasteiger partial charge on any atom is 0.267 e. The van der Waals surface area contributed by atoms with Crippen LogP contribution >= 0.6 is 15.9 Å². The Morgan fingerprint density at radius 2 is 1.95 bits per heavy atom. The lowest BCUT2D eigenvalue weighted by atomic mass is 10.2. The van der Waals surface area contributed by atoms with Crippen molar-refractivity contribution in [3.05, 3.63) is 34.4 Å². The van der Waals surface area contributed by atoms with Crippen LogP contribution in [0.1, 0.15) is 17.4 Å². The monoisotopic (exact) mass is 323 g/mol. The van der Waals surface area contributed by atoms with E-state index in [1.165, 1.54) is 6.92 Å². The van der Waals surface area contributed by atoms with E-state index in [1.54, 1.807) is 6.07 Å². The number of nitrogens with one attached hydrogen (secondary N) is 3. The van der Waals surface area contributed by atoms with Gasteiger partial charge in [0.1, 0.15) is 5.69 Å². The topological polar surface area (TPSA) is 74.0 Å². The Morgan fingerprint density at radius 1 is 1.21 bits per heavy atom. The first-order valence-corrected chi connectivity index (χ1v) is 6.66. The SMILES string of the molecule is CC(=O)NCCNC(=O)c1cc2ccc(Br)cc2[nH]1. The van der Waals surface area contributed by atoms with E-state index in [1.807, 2.05) is 18.2 Å². The lowest BCUT2D eigenvalue weighted by Crippen LogP contribution is -2.33. The normalized spacial score (nSPS) is 10.4. The number of hydrogen-bond acceptors (Lipinski definition) is 2. The number of halogens is 1. The number of benzene rings is 1. The molecule has 0 aliphatic heterocycles. The maximum atomic E-state index is 11.9. The Kier molecular flexibility index (Phi) is 4.21. The van der Waals surface area contributed by atoms with Gasteiger partial charge in [0.15, 0.2) is 0 Å². The Balaban J connectivity index is 1.99. The number of amides is 2. The van der Waals surface area contributed by atoms with E-state index in [4.69, 9.17) is 0 Å². The van der Waals surface area contributed by atoms with Crippen molar-refractivity contribution in [1.82, 2.24) is 15.6 Å². The molecule has 2 rings (SSSR count). The summed E-state index contributed by atoms with van der Waals surface area (Å²) in [5.74, 6) is -0.289. The standard InChI is InChI=1S/C13H14BrN3O2/c1-8(18)15-4-5-16-13(19)12-6-9-2-3-10(14)7-11(9)17-12/h2-3,6-7,17H,4-5H2,1H3,(H,15,18)(H,16,19). The third kappa shape index (κ3) is 3.57. The molecule has 1 heterocycles. The molecule has 5 nitrogen and oxygen atoms in total. The summed E-state index contributed by atoms with van der Waals surface area (Å²) in [6, 6.07) is 7.58. The largest absolute Gasteiger partial charge is 0.355 e. The first-order chi connectivity index (χ1) is 9.06. The van der Waals surface area contributed by atoms with Crippen LogP contribution in [-0.4, -0.2) is 29.9 Å². The molecule has 1 aromatic carbocycles. The van der Waals surface area contributed by atoms with Crippen LogP contribution in [-0.2, 0) is 4.79 Å². The van der Waals surface area contributed by atoms with Crippen molar-refractivity contribution in [2.24, 2.45) is 0 Å². The molecule has 2 amide bonds. The zero-order valence-corrected chi connectivity index (χ0v) is 12.0. The molecule has 1 aromatic heterocycles. The van der Waals surface area contributed by atoms with Gasteiger partial charge in [-0.2, -0.15) is 0 Å². The van der Waals surface area contributed by atoms with Crippen molar-refractivity contribution in [3.8, 4) is 0 Å². The zero-order valence-electron chi connectivity index (χ0n) is 10.4. The van der Waals surface area contributed by atoms with E-state index in [9.17, 15) is 9.59 Å². The van der Waals surface area contributed by atoms with E-state index in [0.29, 0.717) is 18.8 Å². The highest BCUT2D eigenvalue weighted by molar-refractivity contribution is 9.10. The van der Waals surface area contributed by atoms with Crippen LogP contribution in [0, 0.1) is 0 Å². The fourth-order valence-corrected chi connectivity index (χ4v) is 2.09. The summed E-state index contributed by atoms with van der Waals surface area (Å²) < 4.78 is 0.958. The van der Waals surface area contributed by atoms with Gasteiger partial charge in [-0.3, -0.25) is 9.59 Å². The lowest BCUT2D eigenvalue weighted by molar-refractivity contribution is -0.118. The fourth-order valence-electron chi connectivity index (χ4n) is 1.73. The van der Waals surface area contributed by atoms with Crippen LogP contribution < -0.4 is 10.6 Å². The first-order valence-electron chi connectivity index (χ1n) is 5.87. The third-order valence-corrected chi connectivity index (χ3v) is 3.11. The van der Waals surface area contributed by atoms with Crippen LogP contribution in [0.4, 0.5) is 0 Å². The van der Waals surface area contributed by atoms with Crippen LogP contribution in [0.15, 0.2) is 28.7 Å². The van der Waals surface area contributed by atoms with Crippen molar-refractivity contribution >= 4 is 38.6 Å². The number of rotatable bonds is 4. The minimum atomic E-state index is -0.183. The summed E-state index contributed by atoms with van der Waals surface area (Å²) in [5.41, 5.74) is 1.41. The van der Waals surface area contributed by atoms with Crippen molar-refractivity contribution in [3.63, 3.8) is 0 Å². The van der Waals surface area contributed by atoms with E-state index >= 15 is 0 Å². The molecule has 0 bridgehead atoms. The van der Waals surface area contributed by atoms with E-state index in [0.717, 1.165) is 15.4 Å². The number of carbonyl (C=O) groups is 2. The molecular weight excluding hydrogens is 310 g/mol. The summed E-state index contributed by atoms with van der Waals surface area (Å²) >= 11 is 3.38. The molecule has 0 saturated carbocycles. The van der Waals surface area contributed by atoms with Gasteiger partial charge in [0.05, 0.1) is 0 Å². The fraction of sp³-hybridized carbons (Fsp3) is 0.231. The van der Waals surface area contributed by atoms with Crippen LogP contribution in [0.25, 0.3) is 10.9 Å². The molecule has 2 aromatic rings. The highest BCUT2D eigenvalue weighted by Crippen LogP contribution is 2.20. The molecule has 0 aliphatic rings. The lowest BCUT2D eigenvalue weighted by Gasteiger charge is -2.03. The summed E-state index contributed by atoms with van der Waals surface area (Å²) in [7, 11) is 0. The average Bonchev–Trinajstić information content (AvgIpc) is 2.77. The molecule has 0 fully saturated rings. The molecule has 19 heavy (non-hydrogen) atoms. The summed E-state index contributed by atoms with van der Waals surface area (Å²) in [5, 5.41) is 6.33. The third-order valence-electron chi connectivity index (χ3n) is 2.61. The predicted molar refractivity (Wildman–Crippen MR) is 77.0 cm³/mol. The van der Waals surface area contributed by atoms with E-state index in [2.05, 4.69) is 31.5 Å². The molecular formula is C13H14BrN3O2. The second kappa shape index (κ2) is 5.88. The zero-order chi connectivity index (χ0) is 13.8. The summed E-state index contributed by atoms with van der Waals surface area (Å²) in [6.45, 7) is 2.27. The molecule has 100 valence electrons. The van der Waals surface area contributed by atoms with Gasteiger partial charge in [-0.1, -0.05) is 22.0 Å². The molecule has 3 N–H and O–H groups in total. The van der Waals surface area contributed by atoms with Gasteiger partial charge in [-0.25, -0.2) is 0 Å². The molecule has 0 unspecified atom stereocenters. The molecule has 0 aliphatic carbocycles. The van der Waals surface area contributed by atoms with Gasteiger partial charge >= 0.3 is 0 Å². The van der Waals surface area contributed by atoms with Gasteiger partial charge in [-0.15, -0.1) is 0 Å². The second-order valence-corrected chi connectivity index (χ2v) is 5.07. The summed E-state index contributed by atoms with van der Waals surface area (Å²) in [4.78, 5) is 25.6. The molecule has 0 saturated heterocycles. The number of carbonyl (C=O) groups excluding carboxylic acids is 2. The van der Waals surface area contributed by atoms with Crippen LogP contribution in [0.2, 0.25) is 0 Å². The van der Waals surface area contributed by atoms with Gasteiger partial charge in [-0.05, 0) is 18.2 Å². The number of H-pyrrole nitrogens is 1. The smallest absolute Gasteiger partial charge is 0.267 e. The second-order valence-electron chi connectivity index (χ2n) is 4.15. The Labute approximate surface area is 118 Å². The van der Waals surface area contributed by atoms with Gasteiger partial charge in [0.2, 0.25) is 5.91 Å². The quantitative estimate of drug-likeness (QED) is 0.750. The molecule has 0 atom stereocenters. The predicted octanol–water partition coefficient (Wildman–Crippen LogP) is 1.80. The van der Waals surface area contributed by atoms with Crippen LogP contribution in [0.3, 0.4) is 0 Å². The minimum absolute atomic E-state index is 0.107. The van der Waals surface area contributed by atoms with Gasteiger partial charge in [0, 0.05) is 35.4 Å². The molecule has 0 spiro atoms. The Bertz CT molecular complexity index is 621. The molecule has 0 radical (unpaired) electrons.